The van der Waals surface area contributed by atoms with Gasteiger partial charge in [-0.1, -0.05) is 25.5 Å². The van der Waals surface area contributed by atoms with Crippen LogP contribution in [0.25, 0.3) is 0 Å². The molecule has 4 aliphatic carbocycles. The Balaban J connectivity index is 1.91. The number of carbonyl (C=O) groups excluding carboxylic acids is 4. The molecule has 0 heterocycles. The summed E-state index contributed by atoms with van der Waals surface area (Å²) in [6.45, 7) is 10.6. The number of fused-ring (bicyclic) bond motifs is 5. The fourth-order valence-electron chi connectivity index (χ4n) is 8.84. The van der Waals surface area contributed by atoms with Crippen LogP contribution in [0, 0.1) is 22.7 Å². The van der Waals surface area contributed by atoms with Gasteiger partial charge in [-0.2, -0.15) is 0 Å². The third-order valence-electron chi connectivity index (χ3n) is 10.3. The molecule has 0 bridgehead atoms. The van der Waals surface area contributed by atoms with Crippen molar-refractivity contribution in [2.45, 2.75) is 123 Å². The van der Waals surface area contributed by atoms with Crippen molar-refractivity contribution in [2.24, 2.45) is 22.7 Å². The van der Waals surface area contributed by atoms with E-state index in [1.165, 1.54) is 27.7 Å². The zero-order valence-electron chi connectivity index (χ0n) is 23.9. The van der Waals surface area contributed by atoms with E-state index >= 15 is 0 Å². The van der Waals surface area contributed by atoms with Crippen LogP contribution in [-0.4, -0.2) is 69.7 Å². The molecule has 2 N–H and O–H groups in total. The highest BCUT2D eigenvalue weighted by molar-refractivity contribution is 5.68. The molecular weight excluding hydrogens is 508 g/mol. The molecule has 218 valence electrons. The standard InChI is InChI=1S/C29H42O10/c1-15(36-16(2)30)22-10-13-29(35)27(22,7)25(39-19(5)33)23(38-18(4)32)24-26(6)11-9-21(37-17(3)31)14-20(26)8-12-28(24,29)34/h8,15,21-25,34-35H,9-14H2,1-7H3. The van der Waals surface area contributed by atoms with E-state index in [1.807, 2.05) is 13.0 Å². The van der Waals surface area contributed by atoms with Gasteiger partial charge in [0.05, 0.1) is 0 Å². The Morgan fingerprint density at radius 3 is 2.08 bits per heavy atom. The quantitative estimate of drug-likeness (QED) is 0.298. The molecule has 10 atom stereocenters. The Bertz CT molecular complexity index is 1080. The van der Waals surface area contributed by atoms with Crippen molar-refractivity contribution in [3.63, 3.8) is 0 Å². The van der Waals surface area contributed by atoms with Crippen LogP contribution >= 0.6 is 0 Å². The zero-order valence-corrected chi connectivity index (χ0v) is 23.9. The van der Waals surface area contributed by atoms with Gasteiger partial charge in [0.2, 0.25) is 0 Å². The van der Waals surface area contributed by atoms with E-state index in [0.29, 0.717) is 25.7 Å². The van der Waals surface area contributed by atoms with Crippen LogP contribution in [0.3, 0.4) is 0 Å². The van der Waals surface area contributed by atoms with Gasteiger partial charge in [0.15, 0.2) is 0 Å². The molecule has 0 aromatic rings. The molecule has 0 saturated heterocycles. The van der Waals surface area contributed by atoms with Crippen molar-refractivity contribution >= 4 is 23.9 Å². The van der Waals surface area contributed by atoms with Gasteiger partial charge in [-0.25, -0.2) is 0 Å². The summed E-state index contributed by atoms with van der Waals surface area (Å²) >= 11 is 0. The predicted octanol–water partition coefficient (Wildman–Crippen LogP) is 2.76. The summed E-state index contributed by atoms with van der Waals surface area (Å²) in [5.41, 5.74) is -4.65. The summed E-state index contributed by atoms with van der Waals surface area (Å²) in [6.07, 6.45) is 0.828. The van der Waals surface area contributed by atoms with E-state index < -0.39 is 70.1 Å². The van der Waals surface area contributed by atoms with E-state index in [2.05, 4.69) is 0 Å². The SMILES string of the molecule is CC(=O)OC1CCC2(C)C(=CCC3(O)C2C(OC(C)=O)C(OC(C)=O)C2(C)C(C(C)OC(C)=O)CCC32O)C1. The molecule has 0 aromatic carbocycles. The third-order valence-corrected chi connectivity index (χ3v) is 10.3. The van der Waals surface area contributed by atoms with Crippen molar-refractivity contribution < 1.29 is 48.3 Å². The second-order valence-electron chi connectivity index (χ2n) is 12.4. The highest BCUT2D eigenvalue weighted by atomic mass is 16.6. The smallest absolute Gasteiger partial charge is 0.303 e. The minimum atomic E-state index is -1.77. The summed E-state index contributed by atoms with van der Waals surface area (Å²) in [6, 6.07) is 0. The number of rotatable bonds is 5. The lowest BCUT2D eigenvalue weighted by atomic mass is 9.42. The van der Waals surface area contributed by atoms with Crippen LogP contribution < -0.4 is 0 Å². The first-order valence-corrected chi connectivity index (χ1v) is 13.8. The lowest BCUT2D eigenvalue weighted by molar-refractivity contribution is -0.334. The lowest BCUT2D eigenvalue weighted by Crippen LogP contribution is -2.80. The Morgan fingerprint density at radius 1 is 0.897 bits per heavy atom. The first-order chi connectivity index (χ1) is 18.0. The van der Waals surface area contributed by atoms with Crippen LogP contribution in [0.15, 0.2) is 11.6 Å². The summed E-state index contributed by atoms with van der Waals surface area (Å²) in [5, 5.41) is 25.4. The molecule has 10 nitrogen and oxygen atoms in total. The molecule has 4 rings (SSSR count). The van der Waals surface area contributed by atoms with Crippen molar-refractivity contribution in [3.8, 4) is 0 Å². The first-order valence-electron chi connectivity index (χ1n) is 13.8. The number of carbonyl (C=O) groups is 4. The normalized spacial score (nSPS) is 43.5. The van der Waals surface area contributed by atoms with Gasteiger partial charge in [-0.05, 0) is 44.4 Å². The van der Waals surface area contributed by atoms with E-state index in [9.17, 15) is 29.4 Å². The van der Waals surface area contributed by atoms with Gasteiger partial charge < -0.3 is 29.2 Å². The largest absolute Gasteiger partial charge is 0.463 e. The highest BCUT2D eigenvalue weighted by Gasteiger charge is 2.80. The Labute approximate surface area is 229 Å². The molecule has 0 aromatic heterocycles. The predicted molar refractivity (Wildman–Crippen MR) is 137 cm³/mol. The molecule has 10 heteroatoms. The summed E-state index contributed by atoms with van der Waals surface area (Å²) < 4.78 is 23.0. The van der Waals surface area contributed by atoms with Gasteiger partial charge in [0.25, 0.3) is 0 Å². The van der Waals surface area contributed by atoms with Gasteiger partial charge in [-0.15, -0.1) is 0 Å². The van der Waals surface area contributed by atoms with Crippen molar-refractivity contribution in [1.82, 2.24) is 0 Å². The Hall–Kier alpha value is -2.46. The number of esters is 4. The molecule has 0 radical (unpaired) electrons. The zero-order chi connectivity index (χ0) is 29.1. The van der Waals surface area contributed by atoms with Gasteiger partial charge in [-0.3, -0.25) is 19.2 Å². The van der Waals surface area contributed by atoms with Crippen molar-refractivity contribution in [3.05, 3.63) is 11.6 Å². The third kappa shape index (κ3) is 4.38. The Morgan fingerprint density at radius 2 is 1.51 bits per heavy atom. The minimum Gasteiger partial charge on any atom is -0.463 e. The Kier molecular flexibility index (Phi) is 7.47. The maximum absolute atomic E-state index is 12.7. The highest BCUT2D eigenvalue weighted by Crippen LogP contribution is 2.71. The maximum atomic E-state index is 12.7. The van der Waals surface area contributed by atoms with Crippen LogP contribution in [0.5, 0.6) is 0 Å². The molecule has 3 fully saturated rings. The lowest BCUT2D eigenvalue weighted by Gasteiger charge is -2.68. The molecule has 4 aliphatic rings. The topological polar surface area (TPSA) is 146 Å². The molecule has 0 amide bonds. The van der Waals surface area contributed by atoms with Crippen LogP contribution in [0.2, 0.25) is 0 Å². The van der Waals surface area contributed by atoms with E-state index in [1.54, 1.807) is 13.8 Å². The fourth-order valence-corrected chi connectivity index (χ4v) is 8.84. The van der Waals surface area contributed by atoms with E-state index in [4.69, 9.17) is 18.9 Å². The molecule has 39 heavy (non-hydrogen) atoms. The molecule has 0 aliphatic heterocycles. The van der Waals surface area contributed by atoms with Crippen LogP contribution in [-0.2, 0) is 38.1 Å². The molecule has 10 unspecified atom stereocenters. The molecular formula is C29H42O10. The van der Waals surface area contributed by atoms with Gasteiger partial charge in [0.1, 0.15) is 35.6 Å². The van der Waals surface area contributed by atoms with E-state index in [-0.39, 0.29) is 24.9 Å². The average Bonchev–Trinajstić information content (AvgIpc) is 3.08. The first kappa shape index (κ1) is 29.5. The number of aliphatic hydroxyl groups is 2. The number of ether oxygens (including phenoxy) is 4. The van der Waals surface area contributed by atoms with Crippen molar-refractivity contribution in [2.75, 3.05) is 0 Å². The summed E-state index contributed by atoms with van der Waals surface area (Å²) in [7, 11) is 0. The fraction of sp³-hybridized carbons (Fsp3) is 0.793. The van der Waals surface area contributed by atoms with Crippen LogP contribution in [0.1, 0.15) is 87.0 Å². The minimum absolute atomic E-state index is 0.0701. The summed E-state index contributed by atoms with van der Waals surface area (Å²) in [5.74, 6) is -3.41. The van der Waals surface area contributed by atoms with Crippen LogP contribution in [0.4, 0.5) is 0 Å². The monoisotopic (exact) mass is 550 g/mol. The number of hydrogen-bond acceptors (Lipinski definition) is 10. The van der Waals surface area contributed by atoms with Gasteiger partial charge >= 0.3 is 23.9 Å². The van der Waals surface area contributed by atoms with Gasteiger partial charge in [0, 0.05) is 51.4 Å². The maximum Gasteiger partial charge on any atom is 0.303 e. The van der Waals surface area contributed by atoms with E-state index in [0.717, 1.165) is 5.57 Å². The molecule has 0 spiro atoms. The second kappa shape index (κ2) is 9.87. The summed E-state index contributed by atoms with van der Waals surface area (Å²) in [4.78, 5) is 48.6. The average molecular weight is 551 g/mol. The second-order valence-corrected chi connectivity index (χ2v) is 12.4. The molecule has 3 saturated carbocycles. The number of hydrogen-bond donors (Lipinski definition) is 2. The van der Waals surface area contributed by atoms with Crippen molar-refractivity contribution in [1.29, 1.82) is 0 Å².